The average molecular weight is 227 g/mol. The number of imide groups is 1. The van der Waals surface area contributed by atoms with Crippen LogP contribution >= 0.6 is 11.6 Å². The molecule has 3 N–H and O–H groups in total. The van der Waals surface area contributed by atoms with E-state index in [1.807, 2.05) is 35.6 Å². The molecule has 4 nitrogen and oxygen atoms in total. The summed E-state index contributed by atoms with van der Waals surface area (Å²) in [6.45, 7) is 0. The molecule has 5 heteroatoms. The Bertz CT molecular complexity index is 354. The Balaban J connectivity index is 2.52. The van der Waals surface area contributed by atoms with Crippen molar-refractivity contribution in [2.24, 2.45) is 5.73 Å². The lowest BCUT2D eigenvalue weighted by molar-refractivity contribution is -0.119. The molecule has 80 valence electrons. The van der Waals surface area contributed by atoms with Crippen molar-refractivity contribution in [1.82, 2.24) is 5.32 Å². The number of carbonyl (C=O) groups excluding carboxylic acids is 2. The molecule has 0 bridgehead atoms. The van der Waals surface area contributed by atoms with Gasteiger partial charge in [-0.2, -0.15) is 0 Å². The Morgan fingerprint density at radius 2 is 1.93 bits per heavy atom. The Kier molecular flexibility index (Phi) is 4.12. The van der Waals surface area contributed by atoms with Crippen molar-refractivity contribution in [3.05, 3.63) is 35.9 Å². The van der Waals surface area contributed by atoms with Crippen LogP contribution in [0.15, 0.2) is 30.3 Å². The van der Waals surface area contributed by atoms with Gasteiger partial charge >= 0.3 is 6.03 Å². The van der Waals surface area contributed by atoms with E-state index in [2.05, 4.69) is 0 Å². The molecule has 0 saturated carbocycles. The van der Waals surface area contributed by atoms with E-state index in [0.29, 0.717) is 6.42 Å². The molecule has 0 fully saturated rings. The van der Waals surface area contributed by atoms with Gasteiger partial charge in [-0.15, -0.1) is 11.6 Å². The Morgan fingerprint density at radius 1 is 1.33 bits per heavy atom. The Hall–Kier alpha value is -1.55. The molecular formula is C10H11ClN2O2. The van der Waals surface area contributed by atoms with Crippen LogP contribution in [0.1, 0.15) is 5.56 Å². The minimum atomic E-state index is -0.890. The van der Waals surface area contributed by atoms with Gasteiger partial charge in [0.05, 0.1) is 0 Å². The molecule has 0 aliphatic rings. The minimum Gasteiger partial charge on any atom is -0.351 e. The zero-order valence-corrected chi connectivity index (χ0v) is 8.70. The van der Waals surface area contributed by atoms with Crippen molar-refractivity contribution >= 4 is 23.5 Å². The molecule has 3 amide bonds. The Labute approximate surface area is 92.4 Å². The van der Waals surface area contributed by atoms with Gasteiger partial charge in [0.1, 0.15) is 5.38 Å². The smallest absolute Gasteiger partial charge is 0.318 e. The van der Waals surface area contributed by atoms with Gasteiger partial charge in [0.15, 0.2) is 0 Å². The van der Waals surface area contributed by atoms with Crippen molar-refractivity contribution < 1.29 is 9.59 Å². The summed E-state index contributed by atoms with van der Waals surface area (Å²) in [4.78, 5) is 21.6. The zero-order chi connectivity index (χ0) is 11.3. The van der Waals surface area contributed by atoms with Crippen LogP contribution in [0, 0.1) is 0 Å². The van der Waals surface area contributed by atoms with E-state index >= 15 is 0 Å². The number of alkyl halides is 1. The van der Waals surface area contributed by atoms with Gasteiger partial charge in [0.25, 0.3) is 0 Å². The number of rotatable bonds is 3. The number of urea groups is 1. The van der Waals surface area contributed by atoms with Gasteiger partial charge in [-0.25, -0.2) is 4.79 Å². The molecule has 0 aliphatic carbocycles. The highest BCUT2D eigenvalue weighted by atomic mass is 35.5. The summed E-state index contributed by atoms with van der Waals surface area (Å²) >= 11 is 5.79. The summed E-state index contributed by atoms with van der Waals surface area (Å²) in [7, 11) is 0. The summed E-state index contributed by atoms with van der Waals surface area (Å²) in [5.41, 5.74) is 5.72. The largest absolute Gasteiger partial charge is 0.351 e. The van der Waals surface area contributed by atoms with Crippen LogP contribution in [-0.4, -0.2) is 17.3 Å². The number of primary amides is 1. The quantitative estimate of drug-likeness (QED) is 0.756. The Morgan fingerprint density at radius 3 is 2.47 bits per heavy atom. The number of benzene rings is 1. The number of nitrogens with one attached hydrogen (secondary N) is 1. The van der Waals surface area contributed by atoms with Crippen molar-refractivity contribution in [2.75, 3.05) is 0 Å². The molecule has 0 spiro atoms. The van der Waals surface area contributed by atoms with E-state index in [9.17, 15) is 9.59 Å². The van der Waals surface area contributed by atoms with Crippen LogP contribution in [0.4, 0.5) is 4.79 Å². The molecule has 1 rings (SSSR count). The maximum absolute atomic E-state index is 11.2. The van der Waals surface area contributed by atoms with E-state index in [1.165, 1.54) is 0 Å². The maximum atomic E-state index is 11.2. The first-order valence-corrected chi connectivity index (χ1v) is 4.81. The number of amides is 3. The third kappa shape index (κ3) is 3.99. The highest BCUT2D eigenvalue weighted by Crippen LogP contribution is 2.07. The molecule has 1 unspecified atom stereocenters. The molecule has 0 heterocycles. The fourth-order valence-electron chi connectivity index (χ4n) is 1.11. The summed E-state index contributed by atoms with van der Waals surface area (Å²) < 4.78 is 0. The van der Waals surface area contributed by atoms with Gasteiger partial charge in [0.2, 0.25) is 5.91 Å². The molecule has 0 radical (unpaired) electrons. The van der Waals surface area contributed by atoms with Crippen molar-refractivity contribution in [2.45, 2.75) is 11.8 Å². The monoisotopic (exact) mass is 226 g/mol. The lowest BCUT2D eigenvalue weighted by atomic mass is 10.1. The van der Waals surface area contributed by atoms with Gasteiger partial charge in [-0.1, -0.05) is 30.3 Å². The SMILES string of the molecule is NC(=O)NC(=O)C(Cl)Cc1ccccc1. The molecular weight excluding hydrogens is 216 g/mol. The molecule has 0 aromatic heterocycles. The number of hydrogen-bond donors (Lipinski definition) is 2. The van der Waals surface area contributed by atoms with Crippen LogP contribution in [0.25, 0.3) is 0 Å². The molecule has 0 saturated heterocycles. The highest BCUT2D eigenvalue weighted by Gasteiger charge is 2.16. The normalized spacial score (nSPS) is 11.8. The van der Waals surface area contributed by atoms with Crippen LogP contribution < -0.4 is 11.1 Å². The van der Waals surface area contributed by atoms with Gasteiger partial charge < -0.3 is 5.73 Å². The van der Waals surface area contributed by atoms with Crippen LogP contribution in [0.2, 0.25) is 0 Å². The topological polar surface area (TPSA) is 72.2 Å². The van der Waals surface area contributed by atoms with Crippen molar-refractivity contribution in [1.29, 1.82) is 0 Å². The molecule has 1 aromatic carbocycles. The summed E-state index contributed by atoms with van der Waals surface area (Å²) in [5, 5.41) is 1.14. The second kappa shape index (κ2) is 5.36. The van der Waals surface area contributed by atoms with Gasteiger partial charge in [-0.05, 0) is 12.0 Å². The molecule has 1 atom stereocenters. The predicted molar refractivity (Wildman–Crippen MR) is 57.5 cm³/mol. The fourth-order valence-corrected chi connectivity index (χ4v) is 1.35. The first-order chi connectivity index (χ1) is 7.09. The van der Waals surface area contributed by atoms with Crippen LogP contribution in [0.3, 0.4) is 0 Å². The third-order valence-electron chi connectivity index (χ3n) is 1.79. The lowest BCUT2D eigenvalue weighted by Gasteiger charge is -2.07. The molecule has 1 aromatic rings. The van der Waals surface area contributed by atoms with E-state index < -0.39 is 17.3 Å². The van der Waals surface area contributed by atoms with Gasteiger partial charge in [-0.3, -0.25) is 10.1 Å². The fraction of sp³-hybridized carbons (Fsp3) is 0.200. The van der Waals surface area contributed by atoms with E-state index in [4.69, 9.17) is 17.3 Å². The average Bonchev–Trinajstić information content (AvgIpc) is 2.18. The number of carbonyl (C=O) groups is 2. The zero-order valence-electron chi connectivity index (χ0n) is 7.94. The summed E-state index contributed by atoms with van der Waals surface area (Å²) in [6.07, 6.45) is 0.363. The molecule has 15 heavy (non-hydrogen) atoms. The van der Waals surface area contributed by atoms with Crippen LogP contribution in [0.5, 0.6) is 0 Å². The lowest BCUT2D eigenvalue weighted by Crippen LogP contribution is -2.40. The third-order valence-corrected chi connectivity index (χ3v) is 2.14. The second-order valence-corrected chi connectivity index (χ2v) is 3.54. The van der Waals surface area contributed by atoms with E-state index in [0.717, 1.165) is 5.56 Å². The van der Waals surface area contributed by atoms with Crippen molar-refractivity contribution in [3.8, 4) is 0 Å². The summed E-state index contributed by atoms with van der Waals surface area (Å²) in [6, 6.07) is 8.39. The first-order valence-electron chi connectivity index (χ1n) is 4.38. The highest BCUT2D eigenvalue weighted by molar-refractivity contribution is 6.31. The standard InChI is InChI=1S/C10H11ClN2O2/c11-8(9(14)13-10(12)15)6-7-4-2-1-3-5-7/h1-5,8H,6H2,(H3,12,13,14,15). The minimum absolute atomic E-state index is 0.363. The van der Waals surface area contributed by atoms with Crippen LogP contribution in [-0.2, 0) is 11.2 Å². The number of nitrogens with two attached hydrogens (primary N) is 1. The number of halogens is 1. The number of hydrogen-bond acceptors (Lipinski definition) is 2. The van der Waals surface area contributed by atoms with Crippen molar-refractivity contribution in [3.63, 3.8) is 0 Å². The first kappa shape index (κ1) is 11.5. The summed E-state index contributed by atoms with van der Waals surface area (Å²) in [5.74, 6) is -0.576. The molecule has 0 aliphatic heterocycles. The van der Waals surface area contributed by atoms with E-state index in [1.54, 1.807) is 0 Å². The van der Waals surface area contributed by atoms with E-state index in [-0.39, 0.29) is 0 Å². The second-order valence-electron chi connectivity index (χ2n) is 3.01. The maximum Gasteiger partial charge on any atom is 0.318 e. The van der Waals surface area contributed by atoms with Gasteiger partial charge in [0, 0.05) is 0 Å². The predicted octanol–water partition coefficient (Wildman–Crippen LogP) is 1.03.